The summed E-state index contributed by atoms with van der Waals surface area (Å²) in [6.45, 7) is 0. The lowest BCUT2D eigenvalue weighted by atomic mass is 10.1. The number of fused-ring (bicyclic) bond motifs is 1. The molecule has 0 bridgehead atoms. The minimum absolute atomic E-state index is 0.0456. The van der Waals surface area contributed by atoms with Gasteiger partial charge in [0.1, 0.15) is 5.01 Å². The molecule has 0 spiro atoms. The summed E-state index contributed by atoms with van der Waals surface area (Å²) in [6.07, 6.45) is 0.619. The fraction of sp³-hybridized carbons (Fsp3) is 0.308. The van der Waals surface area contributed by atoms with Crippen LogP contribution in [0.3, 0.4) is 0 Å². The van der Waals surface area contributed by atoms with Gasteiger partial charge in [0.2, 0.25) is 4.96 Å². The second-order valence-corrected chi connectivity index (χ2v) is 8.86. The Labute approximate surface area is 135 Å². The molecule has 0 radical (unpaired) electrons. The summed E-state index contributed by atoms with van der Waals surface area (Å²) in [6, 6.07) is 7.37. The van der Waals surface area contributed by atoms with Crippen LogP contribution in [0.25, 0.3) is 16.3 Å². The average molecular weight is 355 g/mol. The molecule has 1 fully saturated rings. The zero-order valence-corrected chi connectivity index (χ0v) is 13.7. The van der Waals surface area contributed by atoms with Gasteiger partial charge in [-0.3, -0.25) is 0 Å². The molecule has 1 aromatic carbocycles. The van der Waals surface area contributed by atoms with Crippen molar-refractivity contribution in [1.29, 1.82) is 0 Å². The van der Waals surface area contributed by atoms with Crippen LogP contribution in [0.1, 0.15) is 17.3 Å². The van der Waals surface area contributed by atoms with Crippen LogP contribution in [0.2, 0.25) is 5.02 Å². The smallest absolute Gasteiger partial charge is 0.229 e. The van der Waals surface area contributed by atoms with Crippen molar-refractivity contribution in [2.75, 3.05) is 11.5 Å². The van der Waals surface area contributed by atoms with Gasteiger partial charge in [0.15, 0.2) is 15.7 Å². The van der Waals surface area contributed by atoms with Crippen LogP contribution in [-0.4, -0.2) is 39.7 Å². The number of halogens is 1. The molecule has 9 heteroatoms. The molecular formula is C13H11ClN4O2S2. The molecule has 3 aromatic rings. The van der Waals surface area contributed by atoms with Crippen LogP contribution in [0, 0.1) is 0 Å². The topological polar surface area (TPSA) is 77.2 Å². The van der Waals surface area contributed by atoms with Gasteiger partial charge in [0.25, 0.3) is 0 Å². The first-order valence-electron chi connectivity index (χ1n) is 6.71. The van der Waals surface area contributed by atoms with Gasteiger partial charge in [-0.1, -0.05) is 35.1 Å². The number of nitrogens with zero attached hydrogens (tertiary/aromatic N) is 4. The molecule has 1 aliphatic heterocycles. The van der Waals surface area contributed by atoms with E-state index in [1.807, 2.05) is 18.2 Å². The van der Waals surface area contributed by atoms with Gasteiger partial charge in [0, 0.05) is 11.5 Å². The third-order valence-corrected chi connectivity index (χ3v) is 6.86. The molecule has 1 aliphatic rings. The van der Waals surface area contributed by atoms with E-state index in [9.17, 15) is 8.42 Å². The Balaban J connectivity index is 1.79. The van der Waals surface area contributed by atoms with Crippen LogP contribution in [0.5, 0.6) is 0 Å². The average Bonchev–Trinajstić information content (AvgIpc) is 3.13. The molecule has 0 aliphatic carbocycles. The Bertz CT molecular complexity index is 963. The van der Waals surface area contributed by atoms with Crippen LogP contribution >= 0.6 is 22.9 Å². The molecule has 6 nitrogen and oxygen atoms in total. The summed E-state index contributed by atoms with van der Waals surface area (Å²) in [4.78, 5) is 0.647. The highest BCUT2D eigenvalue weighted by atomic mass is 35.5. The van der Waals surface area contributed by atoms with Gasteiger partial charge >= 0.3 is 0 Å². The second kappa shape index (κ2) is 5.00. The quantitative estimate of drug-likeness (QED) is 0.706. The molecule has 0 amide bonds. The Morgan fingerprint density at radius 3 is 2.82 bits per heavy atom. The van der Waals surface area contributed by atoms with E-state index in [2.05, 4.69) is 15.3 Å². The van der Waals surface area contributed by atoms with E-state index in [-0.39, 0.29) is 17.4 Å². The Morgan fingerprint density at radius 2 is 2.09 bits per heavy atom. The number of benzene rings is 1. The summed E-state index contributed by atoms with van der Waals surface area (Å²) in [5.41, 5.74) is 0.757. The standard InChI is InChI=1S/C13H11ClN4O2S2/c14-10-4-2-1-3-9(10)11-15-16-13-18(11)17-12(21-13)8-5-6-22(19,20)7-8/h1-4,8H,5-7H2. The van der Waals surface area contributed by atoms with Crippen molar-refractivity contribution in [2.24, 2.45) is 0 Å². The van der Waals surface area contributed by atoms with Crippen molar-refractivity contribution < 1.29 is 8.42 Å². The van der Waals surface area contributed by atoms with E-state index >= 15 is 0 Å². The number of sulfone groups is 1. The van der Waals surface area contributed by atoms with Gasteiger partial charge < -0.3 is 0 Å². The predicted octanol–water partition coefficient (Wildman–Crippen LogP) is 2.41. The van der Waals surface area contributed by atoms with Crippen molar-refractivity contribution in [2.45, 2.75) is 12.3 Å². The van der Waals surface area contributed by atoms with Crippen molar-refractivity contribution in [3.8, 4) is 11.4 Å². The van der Waals surface area contributed by atoms with Crippen molar-refractivity contribution in [3.05, 3.63) is 34.3 Å². The monoisotopic (exact) mass is 354 g/mol. The van der Waals surface area contributed by atoms with Crippen LogP contribution < -0.4 is 0 Å². The summed E-state index contributed by atoms with van der Waals surface area (Å²) in [5.74, 6) is 0.924. The zero-order chi connectivity index (χ0) is 15.3. The van der Waals surface area contributed by atoms with E-state index in [1.54, 1.807) is 10.6 Å². The molecule has 2 aromatic heterocycles. The second-order valence-electron chi connectivity index (χ2n) is 5.24. The molecule has 1 saturated heterocycles. The molecule has 4 rings (SSSR count). The zero-order valence-electron chi connectivity index (χ0n) is 11.3. The summed E-state index contributed by atoms with van der Waals surface area (Å²) in [7, 11) is -2.93. The highest BCUT2D eigenvalue weighted by Crippen LogP contribution is 2.33. The highest BCUT2D eigenvalue weighted by molar-refractivity contribution is 7.91. The van der Waals surface area contributed by atoms with E-state index < -0.39 is 9.84 Å². The lowest BCUT2D eigenvalue weighted by Crippen LogP contribution is -2.04. The van der Waals surface area contributed by atoms with Gasteiger partial charge in [0.05, 0.1) is 16.5 Å². The van der Waals surface area contributed by atoms with Crippen LogP contribution in [0.15, 0.2) is 24.3 Å². The molecule has 0 saturated carbocycles. The predicted molar refractivity (Wildman–Crippen MR) is 85.1 cm³/mol. The maximum atomic E-state index is 11.6. The van der Waals surface area contributed by atoms with Crippen molar-refractivity contribution in [1.82, 2.24) is 19.8 Å². The molecule has 22 heavy (non-hydrogen) atoms. The number of rotatable bonds is 2. The highest BCUT2D eigenvalue weighted by Gasteiger charge is 2.32. The first kappa shape index (κ1) is 14.1. The first-order valence-corrected chi connectivity index (χ1v) is 9.72. The Hall–Kier alpha value is -1.51. The molecule has 1 atom stereocenters. The molecular weight excluding hydrogens is 344 g/mol. The fourth-order valence-corrected chi connectivity index (χ4v) is 5.64. The van der Waals surface area contributed by atoms with E-state index in [1.165, 1.54) is 11.3 Å². The van der Waals surface area contributed by atoms with Gasteiger partial charge in [-0.15, -0.1) is 10.2 Å². The van der Waals surface area contributed by atoms with E-state index in [0.717, 1.165) is 10.6 Å². The maximum absolute atomic E-state index is 11.6. The van der Waals surface area contributed by atoms with E-state index in [0.29, 0.717) is 22.2 Å². The third kappa shape index (κ3) is 2.31. The summed E-state index contributed by atoms with van der Waals surface area (Å²) >= 11 is 7.59. The lowest BCUT2D eigenvalue weighted by molar-refractivity contribution is 0.601. The normalized spacial score (nSPS) is 20.7. The lowest BCUT2D eigenvalue weighted by Gasteiger charge is -2.01. The van der Waals surface area contributed by atoms with E-state index in [4.69, 9.17) is 11.6 Å². The minimum Gasteiger partial charge on any atom is -0.229 e. The maximum Gasteiger partial charge on any atom is 0.234 e. The molecule has 3 heterocycles. The molecule has 0 N–H and O–H groups in total. The van der Waals surface area contributed by atoms with Crippen LogP contribution in [0.4, 0.5) is 0 Å². The Morgan fingerprint density at radius 1 is 1.27 bits per heavy atom. The van der Waals surface area contributed by atoms with Crippen LogP contribution in [-0.2, 0) is 9.84 Å². The van der Waals surface area contributed by atoms with Gasteiger partial charge in [-0.25, -0.2) is 8.42 Å². The Kier molecular flexibility index (Phi) is 3.21. The fourth-order valence-electron chi connectivity index (χ4n) is 2.60. The first-order chi connectivity index (χ1) is 10.5. The van der Waals surface area contributed by atoms with Gasteiger partial charge in [-0.05, 0) is 18.6 Å². The van der Waals surface area contributed by atoms with Gasteiger partial charge in [-0.2, -0.15) is 9.61 Å². The third-order valence-electron chi connectivity index (χ3n) is 3.70. The molecule has 1 unspecified atom stereocenters. The van der Waals surface area contributed by atoms with Crippen molar-refractivity contribution >= 4 is 37.7 Å². The summed E-state index contributed by atoms with van der Waals surface area (Å²) < 4.78 is 24.9. The number of hydrogen-bond acceptors (Lipinski definition) is 6. The SMILES string of the molecule is O=S1(=O)CCC(c2nn3c(-c4ccccc4Cl)nnc3s2)C1. The minimum atomic E-state index is -2.93. The molecule has 114 valence electrons. The summed E-state index contributed by atoms with van der Waals surface area (Å²) in [5, 5.41) is 14.2. The largest absolute Gasteiger partial charge is 0.234 e. The number of aromatic nitrogens is 4. The number of hydrogen-bond donors (Lipinski definition) is 0. The van der Waals surface area contributed by atoms with Crippen molar-refractivity contribution in [3.63, 3.8) is 0 Å².